The summed E-state index contributed by atoms with van der Waals surface area (Å²) < 4.78 is 0. The summed E-state index contributed by atoms with van der Waals surface area (Å²) in [5.41, 5.74) is 0. The average Bonchev–Trinajstić information content (AvgIpc) is 3.50. The fourth-order valence-electron chi connectivity index (χ4n) is 0.907. The normalized spacial score (nSPS) is 7.86. The van der Waals surface area contributed by atoms with E-state index in [0.717, 1.165) is 0 Å². The predicted octanol–water partition coefficient (Wildman–Crippen LogP) is -0.202. The van der Waals surface area contributed by atoms with Gasteiger partial charge in [0.25, 0.3) is 0 Å². The molecular weight excluding hydrogens is 2690 g/mol. The monoisotopic (exact) mass is 2690 g/mol. The van der Waals surface area contributed by atoms with E-state index < -0.39 is 0 Å². The van der Waals surface area contributed by atoms with Gasteiger partial charge < -0.3 is 0 Å². The van der Waals surface area contributed by atoms with Gasteiger partial charge in [-0.2, -0.15) is 0 Å². The zero-order chi connectivity index (χ0) is 60.0. The van der Waals surface area contributed by atoms with Crippen molar-refractivity contribution >= 4 is 751 Å². The first-order valence-corrected chi connectivity index (χ1v) is 124. The van der Waals surface area contributed by atoms with Crippen LogP contribution in [0.5, 0.6) is 0 Å². The van der Waals surface area contributed by atoms with E-state index in [-0.39, 0.29) is 0 Å². The lowest BCUT2D eigenvalue weighted by atomic mass is 30.7. The first kappa shape index (κ1) is 102. The summed E-state index contributed by atoms with van der Waals surface area (Å²) >= 11 is 9.65. The quantitative estimate of drug-likeness (QED) is 0.331. The molecule has 0 saturated heterocycles. The van der Waals surface area contributed by atoms with Crippen molar-refractivity contribution in [2.75, 3.05) is 0 Å². The molecule has 0 amide bonds. The van der Waals surface area contributed by atoms with Crippen LogP contribution in [-0.4, -0.2) is 0 Å². The van der Waals surface area contributed by atoms with Crippen LogP contribution in [0.4, 0.5) is 0 Å². The third-order valence-corrected chi connectivity index (χ3v) is 182. The largest absolute Gasteiger partial charge is 0 e. The predicted molar refractivity (Wildman–Crippen MR) is 619 cm³/mol. The SMILES string of the molecule is S=S=S=S=S=S=S=S=S=S=S=S=S=S=S=S=S=S=S=S=S=S=S=S=S=S=S=S=S=S=S=S=S=S=S=S=S=S=S=S=S=S=S=S=S=S=S=S=S=S=S=S=S=S=S=S=S=S=S=S=S=S=S=S=S=S=S=S=S=S=S=S=S=S=S=S=S=S=S=S=S=S=S=S. The van der Waals surface area contributed by atoms with Gasteiger partial charge in [-0.15, -0.1) is 0 Å². The van der Waals surface area contributed by atoms with Crippen LogP contribution in [0.15, 0.2) is 0 Å². The van der Waals surface area contributed by atoms with Crippen LogP contribution in [0, 0.1) is 0 Å². The molecule has 0 unspecified atom stereocenters. The van der Waals surface area contributed by atoms with Gasteiger partial charge in [-0.05, 0) is 0 Å². The minimum Gasteiger partial charge on any atom is 0 e. The lowest BCUT2D eigenvalue weighted by molar-refractivity contribution is 5.95. The van der Waals surface area contributed by atoms with Crippen LogP contribution < -0.4 is 0 Å². The Balaban J connectivity index is 6.16. The topological polar surface area (TPSA) is 0 Å². The molecule has 84 heteroatoms. The maximum Gasteiger partial charge on any atom is 0 e. The van der Waals surface area contributed by atoms with Crippen molar-refractivity contribution in [2.24, 2.45) is 0 Å². The molecule has 0 aromatic heterocycles. The fraction of sp³-hybridized carbons (Fsp3) is 0. The van der Waals surface area contributed by atoms with E-state index in [1.165, 1.54) is 17.8 Å². The van der Waals surface area contributed by atoms with E-state index >= 15 is 0 Å². The number of hydrogen-bond acceptors (Lipinski definition) is 2. The molecule has 504 valence electrons. The standard InChI is InChI=1S/S84/c1-3-5-7-9-11-13-15-17-19-21-23-25-27-29-31-33-35-37-39-41-43-45-47-49-51-53-55-57-59-61-63-65-67-69-71-73-75-77-79-81-83-84-82-80-78-76-74-72-70-68-66-64-62-60-58-56-54-52-50-48-46-44-42-40-38-36-34-32-30-28-26-24-22-20-18-16-14-12-10-8-6-4-2. The Bertz CT molecular complexity index is 6070. The Hall–Kier alpha value is 18.5. The van der Waals surface area contributed by atoms with Gasteiger partial charge in [0.2, 0.25) is 0 Å². The maximum absolute atomic E-state index is 4.83. The number of hydrogen-bond donors (Lipinski definition) is 0. The molecule has 0 heterocycles. The molecule has 0 nitrogen and oxygen atoms in total. The summed E-state index contributed by atoms with van der Waals surface area (Å²) in [7, 11) is 148. The minimum atomic E-state index is 1.37. The summed E-state index contributed by atoms with van der Waals surface area (Å²) in [6.07, 6.45) is 0. The Morgan fingerprint density at radius 3 is 0.131 bits per heavy atom. The van der Waals surface area contributed by atoms with Crippen molar-refractivity contribution in [3.8, 4) is 0 Å². The van der Waals surface area contributed by atoms with Crippen molar-refractivity contribution in [1.29, 1.82) is 0 Å². The lowest BCUT2D eigenvalue weighted by Gasteiger charge is -1.41. The van der Waals surface area contributed by atoms with Gasteiger partial charge >= 0.3 is 0 Å². The molecule has 0 bridgehead atoms. The van der Waals surface area contributed by atoms with Gasteiger partial charge in [-0.25, -0.2) is 0 Å². The summed E-state index contributed by atoms with van der Waals surface area (Å²) in [5.74, 6) is 0. The molecule has 0 radical (unpaired) electrons. The molecule has 0 aliphatic carbocycles. The van der Waals surface area contributed by atoms with Crippen molar-refractivity contribution < 1.29 is 0 Å². The highest BCUT2D eigenvalue weighted by Gasteiger charge is 1.49. The minimum absolute atomic E-state index is 1.37. The van der Waals surface area contributed by atoms with Gasteiger partial charge in [0, 0.05) is 751 Å². The highest BCUT2D eigenvalue weighted by molar-refractivity contribution is 8.86. The van der Waals surface area contributed by atoms with E-state index in [9.17, 15) is 0 Å². The van der Waals surface area contributed by atoms with Crippen LogP contribution in [0.2, 0.25) is 0 Å². The highest BCUT2D eigenvalue weighted by atomic mass is 33.6. The van der Waals surface area contributed by atoms with Crippen molar-refractivity contribution in [1.82, 2.24) is 0 Å². The Kier molecular flexibility index (Phi) is 124. The third-order valence-electron chi connectivity index (χ3n) is 2.25. The molecule has 0 atom stereocenters. The second-order valence-corrected chi connectivity index (χ2v) is 151. The molecule has 0 aliphatic heterocycles. The zero-order valence-corrected chi connectivity index (χ0v) is 103. The maximum atomic E-state index is 4.83. The van der Waals surface area contributed by atoms with E-state index in [0.29, 0.717) is 0 Å². The molecule has 0 rings (SSSR count). The molecule has 0 spiro atoms. The van der Waals surface area contributed by atoms with Gasteiger partial charge in [-0.3, -0.25) is 0 Å². The summed E-state index contributed by atoms with van der Waals surface area (Å²) in [6, 6.07) is 0. The van der Waals surface area contributed by atoms with Crippen LogP contribution in [-0.2, 0) is 751 Å². The van der Waals surface area contributed by atoms with Gasteiger partial charge in [0.1, 0.15) is 0 Å². The van der Waals surface area contributed by atoms with Crippen LogP contribution >= 0.6 is 0 Å². The van der Waals surface area contributed by atoms with Crippen LogP contribution in [0.25, 0.3) is 0 Å². The molecule has 0 N–H and O–H groups in total. The van der Waals surface area contributed by atoms with Crippen LogP contribution in [0.1, 0.15) is 0 Å². The smallest absolute Gasteiger partial charge is 0 e. The van der Waals surface area contributed by atoms with E-state index in [1.54, 1.807) is 107 Å². The molecule has 0 aliphatic rings. The summed E-state index contributed by atoms with van der Waals surface area (Å²) in [5, 5.41) is 0. The molecular formula is S84. The summed E-state index contributed by atoms with van der Waals surface area (Å²) in [4.78, 5) is 0. The van der Waals surface area contributed by atoms with Gasteiger partial charge in [0.05, 0.1) is 0 Å². The molecule has 0 saturated carbocycles. The molecule has 84 heavy (non-hydrogen) atoms. The second-order valence-electron chi connectivity index (χ2n) is 5.58. The third kappa shape index (κ3) is 100. The Labute approximate surface area is 727 Å². The Morgan fingerprint density at radius 1 is 0.0595 bits per heavy atom. The average molecular weight is 2690 g/mol. The van der Waals surface area contributed by atoms with E-state index in [2.05, 4.69) is 0 Å². The zero-order valence-electron chi connectivity index (χ0n) is 34.3. The van der Waals surface area contributed by atoms with Crippen LogP contribution in [0.3, 0.4) is 0 Å². The Morgan fingerprint density at radius 2 is 0.0952 bits per heavy atom. The van der Waals surface area contributed by atoms with E-state index in [1.807, 2.05) is 604 Å². The second kappa shape index (κ2) is 101. The van der Waals surface area contributed by atoms with Gasteiger partial charge in [0.15, 0.2) is 0 Å². The van der Waals surface area contributed by atoms with Crippen molar-refractivity contribution in [3.63, 3.8) is 0 Å². The number of rotatable bonds is 0. The lowest BCUT2D eigenvalue weighted by Crippen LogP contribution is -1.41. The first-order valence-electron chi connectivity index (χ1n) is 13.8. The first-order chi connectivity index (χ1) is 41.9. The van der Waals surface area contributed by atoms with Crippen molar-refractivity contribution in [2.45, 2.75) is 0 Å². The fourth-order valence-corrected chi connectivity index (χ4v) is 220. The molecule has 0 aromatic rings. The highest BCUT2D eigenvalue weighted by Crippen LogP contribution is 1.49. The van der Waals surface area contributed by atoms with E-state index in [4.69, 9.17) is 22.4 Å². The molecule has 0 fully saturated rings. The van der Waals surface area contributed by atoms with Crippen molar-refractivity contribution in [3.05, 3.63) is 0 Å². The molecule has 0 aromatic carbocycles. The summed E-state index contributed by atoms with van der Waals surface area (Å²) in [6.45, 7) is 0. The van der Waals surface area contributed by atoms with Gasteiger partial charge in [-0.1, -0.05) is 0 Å².